The molecule has 1 aromatic heterocycles. The molecule has 2 aromatic rings. The van der Waals surface area contributed by atoms with E-state index in [9.17, 15) is 0 Å². The van der Waals surface area contributed by atoms with Gasteiger partial charge >= 0.3 is 0 Å². The monoisotopic (exact) mass is 201 g/mol. The highest BCUT2D eigenvalue weighted by Gasteiger charge is 2.29. The van der Waals surface area contributed by atoms with Crippen molar-refractivity contribution in [2.75, 3.05) is 11.9 Å². The quantitative estimate of drug-likeness (QED) is 0.745. The third-order valence-electron chi connectivity index (χ3n) is 2.93. The molecule has 5 nitrogen and oxygen atoms in total. The molecule has 0 radical (unpaired) electrons. The number of tetrazole rings is 1. The van der Waals surface area contributed by atoms with Gasteiger partial charge in [-0.05, 0) is 22.1 Å². The number of fused-ring (bicyclic) bond motifs is 1. The van der Waals surface area contributed by atoms with E-state index in [1.54, 1.807) is 0 Å². The molecule has 1 aromatic carbocycles. The van der Waals surface area contributed by atoms with Gasteiger partial charge in [-0.2, -0.15) is 0 Å². The summed E-state index contributed by atoms with van der Waals surface area (Å²) in [5.74, 6) is 0.828. The number of hydrogen-bond donors (Lipinski definition) is 1. The van der Waals surface area contributed by atoms with Gasteiger partial charge in [-0.3, -0.25) is 0 Å². The maximum absolute atomic E-state index is 3.97. The van der Waals surface area contributed by atoms with Crippen molar-refractivity contribution < 1.29 is 0 Å². The van der Waals surface area contributed by atoms with Gasteiger partial charge in [0.05, 0.1) is 6.04 Å². The van der Waals surface area contributed by atoms with Gasteiger partial charge in [0.1, 0.15) is 0 Å². The van der Waals surface area contributed by atoms with Crippen molar-refractivity contribution in [1.82, 2.24) is 20.6 Å². The number of rotatable bonds is 1. The maximum atomic E-state index is 3.97. The summed E-state index contributed by atoms with van der Waals surface area (Å²) in [6, 6.07) is 8.62. The Morgan fingerprint density at radius 3 is 3.00 bits per heavy atom. The molecule has 0 bridgehead atoms. The number of para-hydroxylation sites is 1. The number of hydrogen-bond acceptors (Lipinski definition) is 4. The molecule has 0 aliphatic carbocycles. The van der Waals surface area contributed by atoms with Crippen LogP contribution in [-0.2, 0) is 6.42 Å². The molecule has 0 spiro atoms. The fourth-order valence-corrected chi connectivity index (χ4v) is 2.13. The minimum Gasteiger partial charge on any atom is -0.364 e. The third kappa shape index (κ3) is 1.20. The molecule has 76 valence electrons. The number of anilines is 1. The molecule has 1 atom stereocenters. The SMILES string of the molecule is CN1c2ccccc2CC1c1nnn[nH]1. The first kappa shape index (κ1) is 8.40. The second kappa shape index (κ2) is 3.05. The van der Waals surface area contributed by atoms with E-state index < -0.39 is 0 Å². The van der Waals surface area contributed by atoms with Crippen LogP contribution in [0.1, 0.15) is 17.4 Å². The molecule has 0 amide bonds. The first-order chi connectivity index (χ1) is 7.36. The molecule has 1 unspecified atom stereocenters. The van der Waals surface area contributed by atoms with E-state index in [-0.39, 0.29) is 6.04 Å². The van der Waals surface area contributed by atoms with Gasteiger partial charge in [0.15, 0.2) is 5.82 Å². The van der Waals surface area contributed by atoms with E-state index in [4.69, 9.17) is 0 Å². The highest BCUT2D eigenvalue weighted by Crippen LogP contribution is 2.37. The number of likely N-dealkylation sites (N-methyl/N-ethyl adjacent to an activating group) is 1. The first-order valence-corrected chi connectivity index (χ1v) is 4.90. The zero-order valence-corrected chi connectivity index (χ0v) is 8.38. The van der Waals surface area contributed by atoms with Crippen LogP contribution in [0.15, 0.2) is 24.3 Å². The lowest BCUT2D eigenvalue weighted by Gasteiger charge is -2.19. The van der Waals surface area contributed by atoms with Gasteiger partial charge in [-0.1, -0.05) is 18.2 Å². The lowest BCUT2D eigenvalue weighted by molar-refractivity contribution is 0.665. The van der Waals surface area contributed by atoms with Crippen LogP contribution in [0.25, 0.3) is 0 Å². The highest BCUT2D eigenvalue weighted by atomic mass is 15.5. The fraction of sp³-hybridized carbons (Fsp3) is 0.300. The van der Waals surface area contributed by atoms with E-state index >= 15 is 0 Å². The molecule has 2 heterocycles. The lowest BCUT2D eigenvalue weighted by Crippen LogP contribution is -2.20. The van der Waals surface area contributed by atoms with Crippen LogP contribution in [0.3, 0.4) is 0 Å². The van der Waals surface area contributed by atoms with Crippen LogP contribution in [0.2, 0.25) is 0 Å². The number of H-pyrrole nitrogens is 1. The summed E-state index contributed by atoms with van der Waals surface area (Å²) >= 11 is 0. The molecule has 1 N–H and O–H groups in total. The van der Waals surface area contributed by atoms with Crippen molar-refractivity contribution in [3.8, 4) is 0 Å². The van der Waals surface area contributed by atoms with E-state index in [0.29, 0.717) is 0 Å². The third-order valence-corrected chi connectivity index (χ3v) is 2.93. The maximum Gasteiger partial charge on any atom is 0.171 e. The topological polar surface area (TPSA) is 57.7 Å². The van der Waals surface area contributed by atoms with Crippen LogP contribution in [-0.4, -0.2) is 27.7 Å². The Morgan fingerprint density at radius 1 is 1.40 bits per heavy atom. The van der Waals surface area contributed by atoms with Crippen molar-refractivity contribution in [3.63, 3.8) is 0 Å². The van der Waals surface area contributed by atoms with Gasteiger partial charge in [0.2, 0.25) is 0 Å². The van der Waals surface area contributed by atoms with E-state index in [0.717, 1.165) is 12.2 Å². The highest BCUT2D eigenvalue weighted by molar-refractivity contribution is 5.59. The van der Waals surface area contributed by atoms with Gasteiger partial charge in [-0.25, -0.2) is 5.10 Å². The number of nitrogens with zero attached hydrogens (tertiary/aromatic N) is 4. The second-order valence-electron chi connectivity index (χ2n) is 3.75. The average Bonchev–Trinajstić information content (AvgIpc) is 2.87. The summed E-state index contributed by atoms with van der Waals surface area (Å²) in [4.78, 5) is 2.21. The Labute approximate surface area is 87.1 Å². The first-order valence-electron chi connectivity index (χ1n) is 4.90. The van der Waals surface area contributed by atoms with Gasteiger partial charge in [0, 0.05) is 19.2 Å². The van der Waals surface area contributed by atoms with Crippen molar-refractivity contribution in [2.45, 2.75) is 12.5 Å². The van der Waals surface area contributed by atoms with E-state index in [2.05, 4.69) is 56.8 Å². The minimum atomic E-state index is 0.234. The Morgan fingerprint density at radius 2 is 2.27 bits per heavy atom. The number of benzene rings is 1. The predicted octanol–water partition coefficient (Wildman–Crippen LogP) is 0.933. The molecule has 3 rings (SSSR count). The smallest absolute Gasteiger partial charge is 0.171 e. The van der Waals surface area contributed by atoms with Crippen LogP contribution >= 0.6 is 0 Å². The fourth-order valence-electron chi connectivity index (χ4n) is 2.13. The zero-order valence-electron chi connectivity index (χ0n) is 8.38. The predicted molar refractivity (Wildman–Crippen MR) is 55.5 cm³/mol. The van der Waals surface area contributed by atoms with E-state index in [1.807, 2.05) is 0 Å². The van der Waals surface area contributed by atoms with Gasteiger partial charge in [0.25, 0.3) is 0 Å². The van der Waals surface area contributed by atoms with Crippen molar-refractivity contribution >= 4 is 5.69 Å². The van der Waals surface area contributed by atoms with Crippen molar-refractivity contribution in [2.24, 2.45) is 0 Å². The van der Waals surface area contributed by atoms with Gasteiger partial charge in [-0.15, -0.1) is 5.10 Å². The standard InChI is InChI=1S/C10H11N5/c1-15-8-5-3-2-4-7(8)6-9(15)10-11-13-14-12-10/h2-5,9H,6H2,1H3,(H,11,12,13,14). The Hall–Kier alpha value is -1.91. The van der Waals surface area contributed by atoms with Gasteiger partial charge < -0.3 is 4.90 Å². The van der Waals surface area contributed by atoms with Crippen LogP contribution < -0.4 is 4.90 Å². The largest absolute Gasteiger partial charge is 0.364 e. The van der Waals surface area contributed by atoms with Crippen molar-refractivity contribution in [1.29, 1.82) is 0 Å². The molecule has 5 heteroatoms. The Kier molecular flexibility index (Phi) is 1.71. The number of aromatic nitrogens is 4. The zero-order chi connectivity index (χ0) is 10.3. The normalized spacial score (nSPS) is 19.3. The minimum absolute atomic E-state index is 0.234. The molecule has 0 saturated heterocycles. The molecule has 0 saturated carbocycles. The summed E-state index contributed by atoms with van der Waals surface area (Å²) in [5, 5.41) is 14.0. The molecular weight excluding hydrogens is 190 g/mol. The summed E-state index contributed by atoms with van der Waals surface area (Å²) in [7, 11) is 2.07. The summed E-state index contributed by atoms with van der Waals surface area (Å²) in [6.07, 6.45) is 0.962. The summed E-state index contributed by atoms with van der Waals surface area (Å²) in [5.41, 5.74) is 2.61. The second-order valence-corrected chi connectivity index (χ2v) is 3.75. The van der Waals surface area contributed by atoms with Crippen molar-refractivity contribution in [3.05, 3.63) is 35.7 Å². The number of aromatic amines is 1. The van der Waals surface area contributed by atoms with E-state index in [1.165, 1.54) is 11.3 Å². The lowest BCUT2D eigenvalue weighted by atomic mass is 10.1. The van der Waals surface area contributed by atoms with Crippen LogP contribution in [0, 0.1) is 0 Å². The number of nitrogens with one attached hydrogen (secondary N) is 1. The van der Waals surface area contributed by atoms with Crippen LogP contribution in [0.4, 0.5) is 5.69 Å². The molecular formula is C10H11N5. The van der Waals surface area contributed by atoms with Crippen LogP contribution in [0.5, 0.6) is 0 Å². The molecule has 0 fully saturated rings. The molecule has 1 aliphatic heterocycles. The molecule has 15 heavy (non-hydrogen) atoms. The summed E-state index contributed by atoms with van der Waals surface area (Å²) in [6.45, 7) is 0. The average molecular weight is 201 g/mol. The Balaban J connectivity index is 2.00. The Bertz CT molecular complexity index is 464. The molecule has 1 aliphatic rings. The summed E-state index contributed by atoms with van der Waals surface area (Å²) < 4.78 is 0.